The first-order valence-corrected chi connectivity index (χ1v) is 8.04. The van der Waals surface area contributed by atoms with E-state index < -0.39 is 0 Å². The molecule has 1 aliphatic heterocycles. The van der Waals surface area contributed by atoms with Crippen LogP contribution in [0.5, 0.6) is 0 Å². The number of amides is 2. The predicted molar refractivity (Wildman–Crippen MR) is 92.1 cm³/mol. The van der Waals surface area contributed by atoms with Crippen LogP contribution in [0.3, 0.4) is 0 Å². The summed E-state index contributed by atoms with van der Waals surface area (Å²) in [5.41, 5.74) is 1.52. The van der Waals surface area contributed by atoms with Crippen LogP contribution in [0.1, 0.15) is 11.3 Å². The Morgan fingerprint density at radius 1 is 1.36 bits per heavy atom. The molecule has 25 heavy (non-hydrogen) atoms. The number of carbonyl (C=O) groups excluding carboxylic acids is 1. The summed E-state index contributed by atoms with van der Waals surface area (Å²) in [6, 6.07) is 5.90. The van der Waals surface area contributed by atoms with Gasteiger partial charge in [0.05, 0.1) is 6.20 Å². The van der Waals surface area contributed by atoms with Crippen molar-refractivity contribution >= 4 is 17.8 Å². The first kappa shape index (κ1) is 16.7. The second-order valence-electron chi connectivity index (χ2n) is 5.75. The van der Waals surface area contributed by atoms with Crippen molar-refractivity contribution in [3.05, 3.63) is 35.8 Å². The molecule has 0 radical (unpaired) electrons. The maximum Gasteiger partial charge on any atom is 0.317 e. The van der Waals surface area contributed by atoms with E-state index in [2.05, 4.69) is 30.5 Å². The lowest BCUT2D eigenvalue weighted by molar-refractivity contribution is 0.136. The summed E-state index contributed by atoms with van der Waals surface area (Å²) in [6.45, 7) is 3.91. The zero-order chi connectivity index (χ0) is 17.6. The first-order valence-electron chi connectivity index (χ1n) is 8.04. The molecule has 1 fully saturated rings. The third-order valence-electron chi connectivity index (χ3n) is 4.05. The molecule has 0 spiro atoms. The molecule has 3 heterocycles. The van der Waals surface area contributed by atoms with Crippen molar-refractivity contribution in [3.8, 4) is 6.07 Å². The van der Waals surface area contributed by atoms with Gasteiger partial charge in [0.15, 0.2) is 0 Å². The fourth-order valence-corrected chi connectivity index (χ4v) is 2.73. The van der Waals surface area contributed by atoms with Gasteiger partial charge in [0.2, 0.25) is 5.95 Å². The molecule has 0 unspecified atom stereocenters. The van der Waals surface area contributed by atoms with Crippen LogP contribution < -0.4 is 10.6 Å². The van der Waals surface area contributed by atoms with E-state index in [1.54, 1.807) is 13.2 Å². The largest absolute Gasteiger partial charge is 0.341 e. The number of aromatic nitrogens is 3. The Kier molecular flexibility index (Phi) is 5.11. The number of aromatic amines is 1. The normalized spacial score (nSPS) is 14.8. The van der Waals surface area contributed by atoms with Crippen LogP contribution in [-0.2, 0) is 6.54 Å². The van der Waals surface area contributed by atoms with Crippen LogP contribution in [0, 0.1) is 11.3 Å². The molecule has 1 saturated heterocycles. The van der Waals surface area contributed by atoms with Gasteiger partial charge in [0.1, 0.15) is 17.6 Å². The van der Waals surface area contributed by atoms with Crippen molar-refractivity contribution in [2.24, 2.45) is 0 Å². The number of anilines is 2. The average molecular weight is 340 g/mol. The van der Waals surface area contributed by atoms with E-state index in [-0.39, 0.29) is 6.03 Å². The molecule has 3 rings (SSSR count). The number of carbonyl (C=O) groups is 1. The van der Waals surface area contributed by atoms with E-state index >= 15 is 0 Å². The van der Waals surface area contributed by atoms with Gasteiger partial charge in [-0.25, -0.2) is 14.8 Å². The predicted octanol–water partition coefficient (Wildman–Crippen LogP) is 0.877. The smallest absolute Gasteiger partial charge is 0.317 e. The highest BCUT2D eigenvalue weighted by Gasteiger charge is 2.20. The number of hydrogen-bond donors (Lipinski definition) is 3. The molecule has 2 aromatic rings. The minimum atomic E-state index is -0.0229. The average Bonchev–Trinajstić information content (AvgIpc) is 3.09. The van der Waals surface area contributed by atoms with Gasteiger partial charge in [-0.15, -0.1) is 0 Å². The van der Waals surface area contributed by atoms with Gasteiger partial charge in [-0.1, -0.05) is 0 Å². The molecule has 0 aliphatic carbocycles. The number of piperazine rings is 1. The summed E-state index contributed by atoms with van der Waals surface area (Å²) in [5, 5.41) is 14.5. The highest BCUT2D eigenvalue weighted by Crippen LogP contribution is 2.15. The van der Waals surface area contributed by atoms with Gasteiger partial charge in [-0.2, -0.15) is 5.26 Å². The third-order valence-corrected chi connectivity index (χ3v) is 4.05. The second kappa shape index (κ2) is 7.63. The second-order valence-corrected chi connectivity index (χ2v) is 5.75. The minimum absolute atomic E-state index is 0.0229. The number of pyridine rings is 1. The van der Waals surface area contributed by atoms with Crippen molar-refractivity contribution in [2.45, 2.75) is 6.54 Å². The maximum absolute atomic E-state index is 11.6. The van der Waals surface area contributed by atoms with Gasteiger partial charge in [-0.05, 0) is 17.7 Å². The molecule has 9 heteroatoms. The fourth-order valence-electron chi connectivity index (χ4n) is 2.73. The van der Waals surface area contributed by atoms with Crippen molar-refractivity contribution in [1.82, 2.24) is 30.1 Å². The summed E-state index contributed by atoms with van der Waals surface area (Å²) >= 11 is 0. The topological polar surface area (TPSA) is 113 Å². The Balaban J connectivity index is 1.57. The summed E-state index contributed by atoms with van der Waals surface area (Å²) in [6.07, 6.45) is 3.21. The molecule has 2 amide bonds. The summed E-state index contributed by atoms with van der Waals surface area (Å²) < 4.78 is 0. The Hall–Kier alpha value is -3.12. The molecular weight excluding hydrogens is 320 g/mol. The van der Waals surface area contributed by atoms with E-state index in [4.69, 9.17) is 5.26 Å². The number of urea groups is 1. The SMILES string of the molecule is CNC(=O)N1CCN(Cc2ccnc(Nc3ncc(C#N)[nH]3)c2)CC1. The van der Waals surface area contributed by atoms with Crippen LogP contribution in [-0.4, -0.2) is 64.0 Å². The van der Waals surface area contributed by atoms with Crippen LogP contribution in [0.25, 0.3) is 0 Å². The molecule has 1 aliphatic rings. The zero-order valence-corrected chi connectivity index (χ0v) is 14.0. The maximum atomic E-state index is 11.6. The number of nitriles is 1. The first-order chi connectivity index (χ1) is 12.2. The number of imidazole rings is 1. The number of hydrogen-bond acceptors (Lipinski definition) is 6. The lowest BCUT2D eigenvalue weighted by atomic mass is 10.2. The van der Waals surface area contributed by atoms with E-state index in [9.17, 15) is 4.79 Å². The van der Waals surface area contributed by atoms with E-state index in [0.717, 1.165) is 38.3 Å². The summed E-state index contributed by atoms with van der Waals surface area (Å²) in [4.78, 5) is 27.0. The third kappa shape index (κ3) is 4.24. The van der Waals surface area contributed by atoms with Gasteiger partial charge < -0.3 is 20.5 Å². The molecule has 0 aromatic carbocycles. The van der Waals surface area contributed by atoms with Crippen LogP contribution >= 0.6 is 0 Å². The Morgan fingerprint density at radius 3 is 2.84 bits per heavy atom. The quantitative estimate of drug-likeness (QED) is 0.761. The monoisotopic (exact) mass is 340 g/mol. The van der Waals surface area contributed by atoms with Gasteiger partial charge in [0, 0.05) is 46.0 Å². The van der Waals surface area contributed by atoms with E-state index in [1.807, 2.05) is 23.1 Å². The Morgan fingerprint density at radius 2 is 2.16 bits per heavy atom. The highest BCUT2D eigenvalue weighted by atomic mass is 16.2. The number of nitrogens with zero attached hydrogens (tertiary/aromatic N) is 5. The number of H-pyrrole nitrogens is 1. The van der Waals surface area contributed by atoms with E-state index in [1.165, 1.54) is 6.20 Å². The minimum Gasteiger partial charge on any atom is -0.341 e. The Bertz CT molecular complexity index is 772. The van der Waals surface area contributed by atoms with Crippen molar-refractivity contribution in [2.75, 3.05) is 38.5 Å². The van der Waals surface area contributed by atoms with E-state index in [0.29, 0.717) is 17.5 Å². The van der Waals surface area contributed by atoms with Crippen LogP contribution in [0.2, 0.25) is 0 Å². The number of rotatable bonds is 4. The van der Waals surface area contributed by atoms with Crippen molar-refractivity contribution < 1.29 is 4.79 Å². The Labute approximate surface area is 145 Å². The van der Waals surface area contributed by atoms with Gasteiger partial charge in [0.25, 0.3) is 0 Å². The van der Waals surface area contributed by atoms with Gasteiger partial charge in [-0.3, -0.25) is 4.90 Å². The van der Waals surface area contributed by atoms with Crippen LogP contribution in [0.4, 0.5) is 16.6 Å². The lowest BCUT2D eigenvalue weighted by Gasteiger charge is -2.34. The number of nitrogens with one attached hydrogen (secondary N) is 3. The fraction of sp³-hybridized carbons (Fsp3) is 0.375. The molecule has 0 saturated carbocycles. The highest BCUT2D eigenvalue weighted by molar-refractivity contribution is 5.73. The molecular formula is C16H20N8O. The summed E-state index contributed by atoms with van der Waals surface area (Å²) in [7, 11) is 1.65. The molecule has 130 valence electrons. The van der Waals surface area contributed by atoms with Crippen molar-refractivity contribution in [1.29, 1.82) is 5.26 Å². The molecule has 9 nitrogen and oxygen atoms in total. The van der Waals surface area contributed by atoms with Crippen LogP contribution in [0.15, 0.2) is 24.5 Å². The van der Waals surface area contributed by atoms with Crippen molar-refractivity contribution in [3.63, 3.8) is 0 Å². The standard InChI is InChI=1S/C16H20N8O/c1-18-16(25)24-6-4-23(5-7-24)11-12-2-3-19-14(8-12)22-15-20-10-13(9-17)21-15/h2-3,8,10H,4-7,11H2,1H3,(H,18,25)(H2,19,20,21,22). The lowest BCUT2D eigenvalue weighted by Crippen LogP contribution is -2.50. The molecule has 2 aromatic heterocycles. The molecule has 3 N–H and O–H groups in total. The summed E-state index contributed by atoms with van der Waals surface area (Å²) in [5.74, 6) is 1.15. The zero-order valence-electron chi connectivity index (χ0n) is 14.0. The molecule has 0 bridgehead atoms. The van der Waals surface area contributed by atoms with Gasteiger partial charge >= 0.3 is 6.03 Å². The molecule has 0 atom stereocenters.